The minimum absolute atomic E-state index is 0.0501. The molecule has 8 heteroatoms. The van der Waals surface area contributed by atoms with Crippen LogP contribution in [-0.4, -0.2) is 10.8 Å². The first kappa shape index (κ1) is 25.5. The second-order valence-corrected chi connectivity index (χ2v) is 9.67. The molecular weight excluding hydrogens is 472 g/mol. The zero-order valence-electron chi connectivity index (χ0n) is 21.1. The smallest absolute Gasteiger partial charge is 0.291 e. The van der Waals surface area contributed by atoms with Crippen molar-refractivity contribution in [3.63, 3.8) is 0 Å². The average molecular weight is 501 g/mol. The van der Waals surface area contributed by atoms with Gasteiger partial charge < -0.3 is 19.2 Å². The lowest BCUT2D eigenvalue weighted by Crippen LogP contribution is -2.11. The molecule has 0 saturated carbocycles. The number of nitro groups is 1. The molecule has 0 fully saturated rings. The van der Waals surface area contributed by atoms with E-state index in [9.17, 15) is 14.9 Å². The molecular formula is C29H28N2O6. The van der Waals surface area contributed by atoms with Crippen LogP contribution in [0.25, 0.3) is 0 Å². The van der Waals surface area contributed by atoms with E-state index in [0.29, 0.717) is 17.3 Å². The molecule has 1 amide bonds. The summed E-state index contributed by atoms with van der Waals surface area (Å²) < 4.78 is 17.2. The number of non-ortho nitro benzene ring substituents is 1. The molecule has 0 spiro atoms. The Bertz CT molecular complexity index is 1420. The fourth-order valence-corrected chi connectivity index (χ4v) is 3.61. The highest BCUT2D eigenvalue weighted by molar-refractivity contribution is 6.02. The summed E-state index contributed by atoms with van der Waals surface area (Å²) in [6.45, 7) is 8.49. The van der Waals surface area contributed by atoms with Crippen molar-refractivity contribution >= 4 is 17.3 Å². The highest BCUT2D eigenvalue weighted by Crippen LogP contribution is 2.30. The van der Waals surface area contributed by atoms with Gasteiger partial charge in [0.2, 0.25) is 0 Å². The highest BCUT2D eigenvalue weighted by Gasteiger charge is 2.17. The fourth-order valence-electron chi connectivity index (χ4n) is 3.61. The second kappa shape index (κ2) is 10.6. The van der Waals surface area contributed by atoms with E-state index in [1.807, 2.05) is 49.4 Å². The molecule has 0 saturated heterocycles. The number of ether oxygens (including phenoxy) is 2. The van der Waals surface area contributed by atoms with Crippen LogP contribution in [0.2, 0.25) is 0 Å². The van der Waals surface area contributed by atoms with Gasteiger partial charge in [0.1, 0.15) is 29.6 Å². The van der Waals surface area contributed by atoms with Crippen LogP contribution in [-0.2, 0) is 12.0 Å². The number of carbonyl (C=O) groups excluding carboxylic acids is 1. The summed E-state index contributed by atoms with van der Waals surface area (Å²) in [5.41, 5.74) is 2.22. The Balaban J connectivity index is 1.43. The normalized spacial score (nSPS) is 11.1. The molecule has 0 radical (unpaired) electrons. The minimum atomic E-state index is -0.553. The summed E-state index contributed by atoms with van der Waals surface area (Å²) in [6.07, 6.45) is 0. The first-order chi connectivity index (χ1) is 17.6. The van der Waals surface area contributed by atoms with E-state index >= 15 is 0 Å². The van der Waals surface area contributed by atoms with Crippen LogP contribution in [0.4, 0.5) is 11.4 Å². The van der Waals surface area contributed by atoms with Crippen molar-refractivity contribution in [1.82, 2.24) is 0 Å². The zero-order chi connectivity index (χ0) is 26.6. The van der Waals surface area contributed by atoms with Gasteiger partial charge in [-0.3, -0.25) is 14.9 Å². The van der Waals surface area contributed by atoms with Crippen molar-refractivity contribution in [3.05, 3.63) is 112 Å². The maximum atomic E-state index is 12.8. The number of amides is 1. The number of carbonyl (C=O) groups is 1. The third-order valence-corrected chi connectivity index (χ3v) is 5.57. The molecule has 190 valence electrons. The molecule has 0 unspecified atom stereocenters. The van der Waals surface area contributed by atoms with Crippen LogP contribution < -0.4 is 14.8 Å². The predicted octanol–water partition coefficient (Wildman–Crippen LogP) is 7.42. The third kappa shape index (κ3) is 6.76. The number of hydrogen-bond donors (Lipinski definition) is 1. The maximum absolute atomic E-state index is 12.8. The molecule has 37 heavy (non-hydrogen) atoms. The van der Waals surface area contributed by atoms with E-state index < -0.39 is 10.8 Å². The van der Waals surface area contributed by atoms with Crippen molar-refractivity contribution in [3.8, 4) is 17.2 Å². The van der Waals surface area contributed by atoms with Crippen molar-refractivity contribution < 1.29 is 23.6 Å². The number of hydrogen-bond acceptors (Lipinski definition) is 6. The lowest BCUT2D eigenvalue weighted by Gasteiger charge is -2.19. The molecule has 1 heterocycles. The van der Waals surface area contributed by atoms with Crippen LogP contribution in [0.5, 0.6) is 17.2 Å². The van der Waals surface area contributed by atoms with Crippen LogP contribution in [0.3, 0.4) is 0 Å². The Labute approximate surface area is 215 Å². The number of furan rings is 1. The molecule has 1 aromatic heterocycles. The average Bonchev–Trinajstić information content (AvgIpc) is 3.32. The van der Waals surface area contributed by atoms with Crippen molar-refractivity contribution in [2.24, 2.45) is 0 Å². The lowest BCUT2D eigenvalue weighted by atomic mass is 9.87. The number of nitrogens with zero attached hydrogens (tertiary/aromatic N) is 1. The van der Waals surface area contributed by atoms with Gasteiger partial charge >= 0.3 is 0 Å². The van der Waals surface area contributed by atoms with E-state index in [0.717, 1.165) is 5.56 Å². The third-order valence-electron chi connectivity index (χ3n) is 5.57. The Morgan fingerprint density at radius 1 is 0.946 bits per heavy atom. The number of nitro benzene ring substituents is 1. The predicted molar refractivity (Wildman–Crippen MR) is 140 cm³/mol. The molecule has 0 aliphatic rings. The molecule has 1 N–H and O–H groups in total. The first-order valence-electron chi connectivity index (χ1n) is 11.7. The van der Waals surface area contributed by atoms with Gasteiger partial charge in [-0.1, -0.05) is 45.0 Å². The SMILES string of the molecule is Cc1cccc(Oc2cc(NC(=O)c3ccc(COc4ccc(C(C)(C)C)cc4)o3)cc([N+](=O)[O-])c2)c1. The van der Waals surface area contributed by atoms with E-state index in [-0.39, 0.29) is 34.9 Å². The van der Waals surface area contributed by atoms with Gasteiger partial charge in [-0.15, -0.1) is 0 Å². The summed E-state index contributed by atoms with van der Waals surface area (Å²) >= 11 is 0. The van der Waals surface area contributed by atoms with E-state index in [2.05, 4.69) is 26.1 Å². The van der Waals surface area contributed by atoms with Gasteiger partial charge in [-0.05, 0) is 59.9 Å². The van der Waals surface area contributed by atoms with Gasteiger partial charge in [0.05, 0.1) is 16.7 Å². The van der Waals surface area contributed by atoms with E-state index in [4.69, 9.17) is 13.9 Å². The first-order valence-corrected chi connectivity index (χ1v) is 11.7. The van der Waals surface area contributed by atoms with Crippen LogP contribution in [0.15, 0.2) is 83.3 Å². The summed E-state index contributed by atoms with van der Waals surface area (Å²) in [7, 11) is 0. The van der Waals surface area contributed by atoms with Gasteiger partial charge in [0.15, 0.2) is 5.76 Å². The molecule has 3 aromatic carbocycles. The molecule has 4 aromatic rings. The summed E-state index contributed by atoms with van der Waals surface area (Å²) in [4.78, 5) is 23.7. The van der Waals surface area contributed by atoms with Crippen molar-refractivity contribution in [2.75, 3.05) is 5.32 Å². The zero-order valence-corrected chi connectivity index (χ0v) is 21.1. The molecule has 0 aliphatic carbocycles. The quantitative estimate of drug-likeness (QED) is 0.199. The number of aryl methyl sites for hydroxylation is 1. The second-order valence-electron chi connectivity index (χ2n) is 9.67. The monoisotopic (exact) mass is 500 g/mol. The number of rotatable bonds is 8. The molecule has 0 bridgehead atoms. The molecule has 8 nitrogen and oxygen atoms in total. The molecule has 4 rings (SSSR count). The summed E-state index contributed by atoms with van der Waals surface area (Å²) in [5, 5.41) is 14.1. The lowest BCUT2D eigenvalue weighted by molar-refractivity contribution is -0.384. The van der Waals surface area contributed by atoms with Crippen LogP contribution in [0, 0.1) is 17.0 Å². The van der Waals surface area contributed by atoms with Gasteiger partial charge in [-0.25, -0.2) is 0 Å². The standard InChI is InChI=1S/C29H28N2O6/c1-19-6-5-7-24(14-19)36-26-16-21(15-22(17-26)31(33)34)30-28(32)27-13-12-25(37-27)18-35-23-10-8-20(9-11-23)29(2,3)4/h5-17H,18H2,1-4H3,(H,30,32). The largest absolute Gasteiger partial charge is 0.486 e. The van der Waals surface area contributed by atoms with Crippen LogP contribution in [0.1, 0.15) is 48.2 Å². The Morgan fingerprint density at radius 2 is 1.70 bits per heavy atom. The number of anilines is 1. The number of nitrogens with one attached hydrogen (secondary N) is 1. The highest BCUT2D eigenvalue weighted by atomic mass is 16.6. The van der Waals surface area contributed by atoms with Gasteiger partial charge in [-0.2, -0.15) is 0 Å². The molecule has 0 atom stereocenters. The summed E-state index contributed by atoms with van der Waals surface area (Å²) in [5.74, 6) is 1.40. The number of benzene rings is 3. The summed E-state index contributed by atoms with van der Waals surface area (Å²) in [6, 6.07) is 22.4. The van der Waals surface area contributed by atoms with E-state index in [1.54, 1.807) is 12.1 Å². The minimum Gasteiger partial charge on any atom is -0.486 e. The maximum Gasteiger partial charge on any atom is 0.291 e. The Morgan fingerprint density at radius 3 is 2.38 bits per heavy atom. The Hall–Kier alpha value is -4.59. The van der Waals surface area contributed by atoms with Crippen molar-refractivity contribution in [2.45, 2.75) is 39.7 Å². The van der Waals surface area contributed by atoms with Gasteiger partial charge in [0, 0.05) is 12.1 Å². The Kier molecular flexibility index (Phi) is 7.29. The topological polar surface area (TPSA) is 104 Å². The molecule has 0 aliphatic heterocycles. The van der Waals surface area contributed by atoms with Crippen molar-refractivity contribution in [1.29, 1.82) is 0 Å². The van der Waals surface area contributed by atoms with E-state index in [1.165, 1.54) is 29.8 Å². The van der Waals surface area contributed by atoms with Gasteiger partial charge in [0.25, 0.3) is 11.6 Å². The van der Waals surface area contributed by atoms with Crippen LogP contribution >= 0.6 is 0 Å². The fraction of sp³-hybridized carbons (Fsp3) is 0.207.